The van der Waals surface area contributed by atoms with Crippen LogP contribution in [0.1, 0.15) is 16.9 Å². The molecule has 128 valence electrons. The zero-order valence-electron chi connectivity index (χ0n) is 13.5. The summed E-state index contributed by atoms with van der Waals surface area (Å²) >= 11 is 5.88. The number of pyridine rings is 1. The summed E-state index contributed by atoms with van der Waals surface area (Å²) in [5.74, 6) is -0.172. The molecule has 0 bridgehead atoms. The largest absolute Gasteiger partial charge is 0.384 e. The fourth-order valence-electron chi connectivity index (χ4n) is 2.29. The number of aromatic nitrogens is 3. The number of nitrogens with one attached hydrogen (secondary N) is 3. The zero-order chi connectivity index (χ0) is 17.5. The van der Waals surface area contributed by atoms with E-state index in [1.54, 1.807) is 30.6 Å². The van der Waals surface area contributed by atoms with E-state index in [9.17, 15) is 4.79 Å². The molecule has 0 radical (unpaired) electrons. The average molecular weight is 356 g/mol. The molecule has 0 aliphatic heterocycles. The van der Waals surface area contributed by atoms with Gasteiger partial charge in [0.2, 0.25) is 0 Å². The topological polar surface area (TPSA) is 82.7 Å². The van der Waals surface area contributed by atoms with Gasteiger partial charge in [0.05, 0.1) is 11.4 Å². The van der Waals surface area contributed by atoms with Crippen LogP contribution >= 0.6 is 11.6 Å². The van der Waals surface area contributed by atoms with Gasteiger partial charge in [-0.05, 0) is 36.8 Å². The summed E-state index contributed by atoms with van der Waals surface area (Å²) < 4.78 is 0. The highest BCUT2D eigenvalue weighted by molar-refractivity contribution is 6.30. The van der Waals surface area contributed by atoms with Gasteiger partial charge in [0.25, 0.3) is 5.91 Å². The molecule has 1 aromatic carbocycles. The molecule has 6 nitrogen and oxygen atoms in total. The Bertz CT molecular complexity index is 817. The minimum absolute atomic E-state index is 0.172. The minimum Gasteiger partial charge on any atom is -0.384 e. The van der Waals surface area contributed by atoms with Gasteiger partial charge in [0.15, 0.2) is 0 Å². The summed E-state index contributed by atoms with van der Waals surface area (Å²) in [5.41, 5.74) is 3.01. The maximum absolute atomic E-state index is 12.1. The summed E-state index contributed by atoms with van der Waals surface area (Å²) in [6.45, 7) is 1.33. The summed E-state index contributed by atoms with van der Waals surface area (Å²) in [6, 6.07) is 12.9. The molecule has 7 heteroatoms. The highest BCUT2D eigenvalue weighted by Gasteiger charge is 2.10. The predicted octanol–water partition coefficient (Wildman–Crippen LogP) is 3.36. The van der Waals surface area contributed by atoms with Gasteiger partial charge in [-0.1, -0.05) is 23.7 Å². The molecule has 0 fully saturated rings. The number of aromatic amines is 1. The number of hydrogen-bond donors (Lipinski definition) is 3. The Morgan fingerprint density at radius 3 is 2.76 bits per heavy atom. The Labute approximate surface area is 150 Å². The normalized spacial score (nSPS) is 10.4. The second-order valence-electron chi connectivity index (χ2n) is 5.45. The molecule has 25 heavy (non-hydrogen) atoms. The van der Waals surface area contributed by atoms with E-state index in [0.717, 1.165) is 24.2 Å². The minimum atomic E-state index is -0.172. The molecule has 0 saturated heterocycles. The van der Waals surface area contributed by atoms with Crippen molar-refractivity contribution in [1.82, 2.24) is 20.5 Å². The van der Waals surface area contributed by atoms with Gasteiger partial charge in [-0.15, -0.1) is 0 Å². The van der Waals surface area contributed by atoms with Crippen molar-refractivity contribution in [3.05, 3.63) is 65.6 Å². The van der Waals surface area contributed by atoms with Crippen molar-refractivity contribution < 1.29 is 4.79 Å². The SMILES string of the molecule is O=C(NCCCNc1cccnc1)c1cc(-c2ccc(Cl)cc2)n[nH]1. The van der Waals surface area contributed by atoms with Crippen molar-refractivity contribution in [2.24, 2.45) is 0 Å². The molecule has 3 N–H and O–H groups in total. The van der Waals surface area contributed by atoms with E-state index in [1.165, 1.54) is 0 Å². The lowest BCUT2D eigenvalue weighted by atomic mass is 10.1. The molecule has 0 atom stereocenters. The van der Waals surface area contributed by atoms with Crippen LogP contribution < -0.4 is 10.6 Å². The molecule has 0 aliphatic rings. The van der Waals surface area contributed by atoms with Crippen molar-refractivity contribution in [3.63, 3.8) is 0 Å². The smallest absolute Gasteiger partial charge is 0.269 e. The monoisotopic (exact) mass is 355 g/mol. The first kappa shape index (κ1) is 17.0. The third-order valence-electron chi connectivity index (χ3n) is 3.59. The van der Waals surface area contributed by atoms with E-state index in [4.69, 9.17) is 11.6 Å². The zero-order valence-corrected chi connectivity index (χ0v) is 14.3. The van der Waals surface area contributed by atoms with Crippen molar-refractivity contribution in [1.29, 1.82) is 0 Å². The third-order valence-corrected chi connectivity index (χ3v) is 3.84. The predicted molar refractivity (Wildman–Crippen MR) is 98.7 cm³/mol. The van der Waals surface area contributed by atoms with Gasteiger partial charge in [0, 0.05) is 36.1 Å². The number of hydrogen-bond acceptors (Lipinski definition) is 4. The van der Waals surface area contributed by atoms with Crippen molar-refractivity contribution >= 4 is 23.2 Å². The van der Waals surface area contributed by atoms with Gasteiger partial charge in [-0.25, -0.2) is 0 Å². The maximum Gasteiger partial charge on any atom is 0.269 e. The number of H-pyrrole nitrogens is 1. The molecule has 2 heterocycles. The molecular formula is C18H18ClN5O. The van der Waals surface area contributed by atoms with Gasteiger partial charge in [-0.2, -0.15) is 5.10 Å². The fourth-order valence-corrected chi connectivity index (χ4v) is 2.42. The van der Waals surface area contributed by atoms with Gasteiger partial charge < -0.3 is 10.6 Å². The number of benzene rings is 1. The van der Waals surface area contributed by atoms with Crippen LogP contribution in [0.5, 0.6) is 0 Å². The van der Waals surface area contributed by atoms with Crippen LogP contribution in [0.15, 0.2) is 54.9 Å². The number of carbonyl (C=O) groups excluding carboxylic acids is 1. The lowest BCUT2D eigenvalue weighted by Crippen LogP contribution is -2.26. The fraction of sp³-hybridized carbons (Fsp3) is 0.167. The van der Waals surface area contributed by atoms with Gasteiger partial charge in [-0.3, -0.25) is 14.9 Å². The van der Waals surface area contributed by atoms with Crippen molar-refractivity contribution in [2.75, 3.05) is 18.4 Å². The van der Waals surface area contributed by atoms with Crippen molar-refractivity contribution in [2.45, 2.75) is 6.42 Å². The Morgan fingerprint density at radius 2 is 2.00 bits per heavy atom. The first-order valence-corrected chi connectivity index (χ1v) is 8.33. The van der Waals surface area contributed by atoms with E-state index in [1.807, 2.05) is 24.3 Å². The number of rotatable bonds is 7. The van der Waals surface area contributed by atoms with Gasteiger partial charge >= 0.3 is 0 Å². The van der Waals surface area contributed by atoms with Crippen LogP contribution in [0.2, 0.25) is 5.02 Å². The van der Waals surface area contributed by atoms with Crippen LogP contribution in [0.4, 0.5) is 5.69 Å². The standard InChI is InChI=1S/C18H18ClN5O/c19-14-6-4-13(5-7-14)16-11-17(24-23-16)18(25)22-10-2-9-21-15-3-1-8-20-12-15/h1,3-8,11-12,21H,2,9-10H2,(H,22,25)(H,23,24). The average Bonchev–Trinajstić information content (AvgIpc) is 3.13. The summed E-state index contributed by atoms with van der Waals surface area (Å²) in [7, 11) is 0. The number of anilines is 1. The summed E-state index contributed by atoms with van der Waals surface area (Å²) in [5, 5.41) is 13.7. The Balaban J connectivity index is 1.45. The van der Waals surface area contributed by atoms with Crippen LogP contribution in [-0.4, -0.2) is 34.2 Å². The molecule has 2 aromatic heterocycles. The van der Waals surface area contributed by atoms with Crippen LogP contribution in [-0.2, 0) is 0 Å². The Hall–Kier alpha value is -2.86. The molecule has 3 rings (SSSR count). The van der Waals surface area contributed by atoms with E-state index in [0.29, 0.717) is 23.0 Å². The number of halogens is 1. The molecule has 0 aliphatic carbocycles. The molecule has 3 aromatic rings. The van der Waals surface area contributed by atoms with E-state index < -0.39 is 0 Å². The number of carbonyl (C=O) groups is 1. The summed E-state index contributed by atoms with van der Waals surface area (Å²) in [6.07, 6.45) is 4.30. The molecule has 0 unspecified atom stereocenters. The highest BCUT2D eigenvalue weighted by Crippen LogP contribution is 2.20. The highest BCUT2D eigenvalue weighted by atomic mass is 35.5. The first-order valence-electron chi connectivity index (χ1n) is 7.96. The molecule has 0 saturated carbocycles. The summed E-state index contributed by atoms with van der Waals surface area (Å²) in [4.78, 5) is 16.2. The maximum atomic E-state index is 12.1. The lowest BCUT2D eigenvalue weighted by molar-refractivity contribution is 0.0948. The van der Waals surface area contributed by atoms with E-state index in [2.05, 4.69) is 25.8 Å². The van der Waals surface area contributed by atoms with Crippen molar-refractivity contribution in [3.8, 4) is 11.3 Å². The lowest BCUT2D eigenvalue weighted by Gasteiger charge is -2.06. The number of nitrogens with zero attached hydrogens (tertiary/aromatic N) is 2. The van der Waals surface area contributed by atoms with Crippen LogP contribution in [0, 0.1) is 0 Å². The second-order valence-corrected chi connectivity index (χ2v) is 5.89. The van der Waals surface area contributed by atoms with Crippen LogP contribution in [0.25, 0.3) is 11.3 Å². The van der Waals surface area contributed by atoms with E-state index in [-0.39, 0.29) is 5.91 Å². The third kappa shape index (κ3) is 4.81. The number of amides is 1. The van der Waals surface area contributed by atoms with Crippen LogP contribution in [0.3, 0.4) is 0 Å². The molecule has 1 amide bonds. The first-order chi connectivity index (χ1) is 12.2. The second kappa shape index (κ2) is 8.30. The Kier molecular flexibility index (Phi) is 5.64. The Morgan fingerprint density at radius 1 is 1.16 bits per heavy atom. The van der Waals surface area contributed by atoms with Gasteiger partial charge in [0.1, 0.15) is 5.69 Å². The molecular weight excluding hydrogens is 338 g/mol. The van der Waals surface area contributed by atoms with E-state index >= 15 is 0 Å². The molecule has 0 spiro atoms. The quantitative estimate of drug-likeness (QED) is 0.567.